The van der Waals surface area contributed by atoms with Gasteiger partial charge in [-0.3, -0.25) is 18.6 Å². The number of unbranched alkanes of at least 4 members (excludes halogenated alkanes) is 14. The smallest absolute Gasteiger partial charge is 0.472 e. The highest BCUT2D eigenvalue weighted by molar-refractivity contribution is 7.47. The van der Waals surface area contributed by atoms with Crippen molar-refractivity contribution in [2.24, 2.45) is 0 Å². The molecular weight excluding hydrogens is 577 g/mol. The van der Waals surface area contributed by atoms with Crippen LogP contribution in [0.5, 0.6) is 0 Å². The standard InChI is InChI=1S/C31H58NO10P/c1-3-5-7-9-10-11-12-13-14-15-16-17-18-19-21-23-30(35)40-24-27(33)25-41-43(38,39)42-26-28(31(36)37)32-29(34)22-20-8-6-4-2/h13-14,27-28,33H,3-12,15-26H2,1-2H3,(H,32,34)(H,36,37)(H,38,39)/b14-13-. The molecule has 0 bridgehead atoms. The number of phosphoric ester groups is 1. The zero-order chi connectivity index (χ0) is 32.2. The maximum absolute atomic E-state index is 12.1. The summed E-state index contributed by atoms with van der Waals surface area (Å²) in [4.78, 5) is 45.0. The molecule has 0 radical (unpaired) electrons. The number of aliphatic hydroxyl groups excluding tert-OH is 1. The minimum absolute atomic E-state index is 0.138. The fraction of sp³-hybridized carbons (Fsp3) is 0.839. The van der Waals surface area contributed by atoms with Crippen molar-refractivity contribution in [3.63, 3.8) is 0 Å². The maximum atomic E-state index is 12.1. The molecule has 0 saturated heterocycles. The molecule has 0 fully saturated rings. The third kappa shape index (κ3) is 27.5. The Bertz CT molecular complexity index is 807. The van der Waals surface area contributed by atoms with Crippen LogP contribution in [0.2, 0.25) is 0 Å². The second-order valence-electron chi connectivity index (χ2n) is 11.0. The van der Waals surface area contributed by atoms with E-state index in [9.17, 15) is 34.1 Å². The number of carbonyl (C=O) groups excluding carboxylic acids is 2. The molecule has 3 unspecified atom stereocenters. The van der Waals surface area contributed by atoms with Gasteiger partial charge >= 0.3 is 19.8 Å². The Kier molecular flexibility index (Phi) is 26.6. The molecule has 0 aliphatic rings. The molecule has 0 saturated carbocycles. The molecule has 0 aromatic carbocycles. The predicted octanol–water partition coefficient (Wildman–Crippen LogP) is 6.60. The molecule has 0 aliphatic carbocycles. The zero-order valence-electron chi connectivity index (χ0n) is 26.5. The van der Waals surface area contributed by atoms with E-state index in [4.69, 9.17) is 4.74 Å². The van der Waals surface area contributed by atoms with E-state index < -0.39 is 57.6 Å². The molecule has 0 heterocycles. The van der Waals surface area contributed by atoms with Gasteiger partial charge in [0.1, 0.15) is 12.7 Å². The lowest BCUT2D eigenvalue weighted by atomic mass is 10.1. The summed E-state index contributed by atoms with van der Waals surface area (Å²) in [6.45, 7) is 2.37. The summed E-state index contributed by atoms with van der Waals surface area (Å²) in [7, 11) is -4.73. The quantitative estimate of drug-likeness (QED) is 0.0292. The summed E-state index contributed by atoms with van der Waals surface area (Å²) in [5.41, 5.74) is 0. The van der Waals surface area contributed by atoms with Gasteiger partial charge < -0.3 is 25.2 Å². The summed E-state index contributed by atoms with van der Waals surface area (Å²) in [6.07, 6.45) is 21.9. The first-order valence-corrected chi connectivity index (χ1v) is 17.7. The van der Waals surface area contributed by atoms with E-state index in [0.29, 0.717) is 12.8 Å². The fourth-order valence-electron chi connectivity index (χ4n) is 4.19. The van der Waals surface area contributed by atoms with Crippen molar-refractivity contribution < 1.29 is 47.8 Å². The van der Waals surface area contributed by atoms with Gasteiger partial charge in [-0.2, -0.15) is 0 Å². The van der Waals surface area contributed by atoms with Gasteiger partial charge in [-0.05, 0) is 38.5 Å². The number of hydrogen-bond acceptors (Lipinski definition) is 8. The van der Waals surface area contributed by atoms with Crippen molar-refractivity contribution in [2.75, 3.05) is 19.8 Å². The molecule has 11 nitrogen and oxygen atoms in total. The molecule has 252 valence electrons. The zero-order valence-corrected chi connectivity index (χ0v) is 27.4. The third-order valence-corrected chi connectivity index (χ3v) is 7.76. The number of amides is 1. The van der Waals surface area contributed by atoms with Gasteiger partial charge in [-0.1, -0.05) is 96.6 Å². The number of aliphatic hydroxyl groups is 1. The monoisotopic (exact) mass is 635 g/mol. The Hall–Kier alpha value is -1.78. The van der Waals surface area contributed by atoms with E-state index in [1.54, 1.807) is 0 Å². The van der Waals surface area contributed by atoms with Crippen LogP contribution in [0.3, 0.4) is 0 Å². The van der Waals surface area contributed by atoms with Gasteiger partial charge in [-0.25, -0.2) is 9.36 Å². The molecular formula is C31H58NO10P. The Morgan fingerprint density at radius 2 is 1.21 bits per heavy atom. The third-order valence-electron chi connectivity index (χ3n) is 6.80. The van der Waals surface area contributed by atoms with E-state index in [1.807, 2.05) is 6.92 Å². The topological polar surface area (TPSA) is 169 Å². The van der Waals surface area contributed by atoms with Crippen LogP contribution >= 0.6 is 7.82 Å². The van der Waals surface area contributed by atoms with Gasteiger partial charge in [0.05, 0.1) is 13.2 Å². The van der Waals surface area contributed by atoms with Gasteiger partial charge in [0, 0.05) is 12.8 Å². The van der Waals surface area contributed by atoms with Crippen molar-refractivity contribution in [3.8, 4) is 0 Å². The van der Waals surface area contributed by atoms with Crippen LogP contribution in [0.15, 0.2) is 12.2 Å². The van der Waals surface area contributed by atoms with Crippen molar-refractivity contribution in [1.29, 1.82) is 0 Å². The minimum Gasteiger partial charge on any atom is -0.480 e. The van der Waals surface area contributed by atoms with Crippen LogP contribution < -0.4 is 5.32 Å². The van der Waals surface area contributed by atoms with Crippen molar-refractivity contribution >= 4 is 25.7 Å². The molecule has 0 aromatic heterocycles. The summed E-state index contributed by atoms with van der Waals surface area (Å²) in [5.74, 6) is -2.41. The number of aliphatic carboxylic acids is 1. The number of nitrogens with one attached hydrogen (secondary N) is 1. The van der Waals surface area contributed by atoms with Crippen LogP contribution in [0.4, 0.5) is 0 Å². The number of carbonyl (C=O) groups is 3. The molecule has 0 aliphatic heterocycles. The van der Waals surface area contributed by atoms with Gasteiger partial charge in [-0.15, -0.1) is 0 Å². The van der Waals surface area contributed by atoms with Gasteiger partial charge in [0.2, 0.25) is 5.91 Å². The number of phosphoric acid groups is 1. The molecule has 3 atom stereocenters. The van der Waals surface area contributed by atoms with Crippen LogP contribution in [0, 0.1) is 0 Å². The van der Waals surface area contributed by atoms with Gasteiger partial charge in [0.15, 0.2) is 6.04 Å². The number of ether oxygens (including phenoxy) is 1. The highest BCUT2D eigenvalue weighted by Gasteiger charge is 2.28. The number of hydrogen-bond donors (Lipinski definition) is 4. The first-order chi connectivity index (χ1) is 20.6. The Morgan fingerprint density at radius 1 is 0.721 bits per heavy atom. The maximum Gasteiger partial charge on any atom is 0.472 e. The SMILES string of the molecule is CCCCCCCC/C=C\CCCCCCCC(=O)OCC(O)COP(=O)(O)OCC(NC(=O)CCCCCC)C(=O)O. The first kappa shape index (κ1) is 41.2. The lowest BCUT2D eigenvalue weighted by Gasteiger charge is -2.18. The minimum atomic E-state index is -4.73. The van der Waals surface area contributed by atoms with Gasteiger partial charge in [0.25, 0.3) is 0 Å². The number of rotatable bonds is 30. The first-order valence-electron chi connectivity index (χ1n) is 16.2. The van der Waals surface area contributed by atoms with E-state index in [0.717, 1.165) is 57.8 Å². The highest BCUT2D eigenvalue weighted by Crippen LogP contribution is 2.43. The highest BCUT2D eigenvalue weighted by atomic mass is 31.2. The normalized spacial score (nSPS) is 14.3. The molecule has 43 heavy (non-hydrogen) atoms. The van der Waals surface area contributed by atoms with E-state index >= 15 is 0 Å². The lowest BCUT2D eigenvalue weighted by molar-refractivity contribution is -0.147. The Labute approximate surface area is 258 Å². The fourth-order valence-corrected chi connectivity index (χ4v) is 4.96. The Balaban J connectivity index is 3.92. The number of carboxylic acid groups (broad SMARTS) is 1. The molecule has 1 amide bonds. The second kappa shape index (κ2) is 27.7. The number of allylic oxidation sites excluding steroid dienone is 2. The van der Waals surface area contributed by atoms with E-state index in [-0.39, 0.29) is 12.8 Å². The summed E-state index contributed by atoms with van der Waals surface area (Å²) >= 11 is 0. The van der Waals surface area contributed by atoms with Crippen LogP contribution in [0.25, 0.3) is 0 Å². The van der Waals surface area contributed by atoms with Crippen LogP contribution in [-0.4, -0.2) is 64.9 Å². The second-order valence-corrected chi connectivity index (χ2v) is 12.5. The molecule has 4 N–H and O–H groups in total. The predicted molar refractivity (Wildman–Crippen MR) is 166 cm³/mol. The molecule has 0 rings (SSSR count). The van der Waals surface area contributed by atoms with Crippen molar-refractivity contribution in [2.45, 2.75) is 148 Å². The van der Waals surface area contributed by atoms with E-state index in [1.165, 1.54) is 38.5 Å². The van der Waals surface area contributed by atoms with Crippen molar-refractivity contribution in [1.82, 2.24) is 5.32 Å². The molecule has 12 heteroatoms. The summed E-state index contributed by atoms with van der Waals surface area (Å²) in [5, 5.41) is 21.4. The average Bonchev–Trinajstić information content (AvgIpc) is 2.97. The van der Waals surface area contributed by atoms with E-state index in [2.05, 4.69) is 33.4 Å². The van der Waals surface area contributed by atoms with Crippen LogP contribution in [-0.2, 0) is 32.7 Å². The summed E-state index contributed by atoms with van der Waals surface area (Å²) < 4.78 is 26.4. The largest absolute Gasteiger partial charge is 0.480 e. The Morgan fingerprint density at radius 3 is 1.79 bits per heavy atom. The lowest BCUT2D eigenvalue weighted by Crippen LogP contribution is -2.43. The molecule has 0 spiro atoms. The summed E-state index contributed by atoms with van der Waals surface area (Å²) in [6, 6.07) is -1.54. The average molecular weight is 636 g/mol. The van der Waals surface area contributed by atoms with Crippen LogP contribution in [0.1, 0.15) is 136 Å². The molecule has 0 aromatic rings. The van der Waals surface area contributed by atoms with Crippen molar-refractivity contribution in [3.05, 3.63) is 12.2 Å². The number of esters is 1. The number of carboxylic acids is 1.